The summed E-state index contributed by atoms with van der Waals surface area (Å²) < 4.78 is 14.7. The first-order chi connectivity index (χ1) is 18.2. The molecule has 3 aliphatic carbocycles. The Hall–Kier alpha value is -2.74. The normalized spacial score (nSPS) is 27.8. The zero-order chi connectivity index (χ0) is 26.9. The maximum Gasteiger partial charge on any atom is 0.481 e. The van der Waals surface area contributed by atoms with Gasteiger partial charge in [0, 0.05) is 6.42 Å². The number of rotatable bonds is 11. The van der Waals surface area contributed by atoms with Crippen LogP contribution in [0.25, 0.3) is 0 Å². The summed E-state index contributed by atoms with van der Waals surface area (Å²) >= 11 is 0. The molecule has 5 unspecified atom stereocenters. The molecule has 3 saturated carbocycles. The minimum atomic E-state index is -0.496. The van der Waals surface area contributed by atoms with E-state index in [1.165, 1.54) is 6.42 Å². The van der Waals surface area contributed by atoms with Crippen LogP contribution in [0.4, 0.5) is 0 Å². The minimum Gasteiger partial charge on any atom is -0.404 e. The van der Waals surface area contributed by atoms with E-state index in [9.17, 15) is 10.1 Å². The summed E-state index contributed by atoms with van der Waals surface area (Å²) in [4.78, 5) is 17.8. The van der Waals surface area contributed by atoms with E-state index >= 15 is 0 Å². The van der Waals surface area contributed by atoms with E-state index in [4.69, 9.17) is 15.0 Å². The molecule has 1 aromatic heterocycles. The number of nitrogens with zero attached hydrogens (tertiary/aromatic N) is 4. The van der Waals surface area contributed by atoms with Crippen molar-refractivity contribution in [1.82, 2.24) is 20.1 Å². The third-order valence-electron chi connectivity index (χ3n) is 9.14. The Morgan fingerprint density at radius 2 is 2.08 bits per heavy atom. The summed E-state index contributed by atoms with van der Waals surface area (Å²) in [5.41, 5.74) is 6.74. The van der Waals surface area contributed by atoms with Crippen LogP contribution in [-0.4, -0.2) is 52.0 Å². The highest BCUT2D eigenvalue weighted by Gasteiger charge is 2.68. The average Bonchev–Trinajstić information content (AvgIpc) is 3.43. The van der Waals surface area contributed by atoms with Gasteiger partial charge in [-0.2, -0.15) is 10.4 Å². The highest BCUT2D eigenvalue weighted by molar-refractivity contribution is 6.47. The Kier molecular flexibility index (Phi) is 7.63. The zero-order valence-electron chi connectivity index (χ0n) is 22.7. The topological polar surface area (TPSA) is 128 Å². The second-order valence-electron chi connectivity index (χ2n) is 11.9. The van der Waals surface area contributed by atoms with Crippen molar-refractivity contribution in [3.63, 3.8) is 0 Å². The van der Waals surface area contributed by atoms with Crippen molar-refractivity contribution in [1.29, 1.82) is 5.26 Å². The van der Waals surface area contributed by atoms with Gasteiger partial charge in [-0.05, 0) is 62.0 Å². The number of amides is 1. The van der Waals surface area contributed by atoms with Gasteiger partial charge < -0.3 is 20.4 Å². The monoisotopic (exact) mass is 518 g/mol. The molecule has 5 atom stereocenters. The Morgan fingerprint density at radius 3 is 2.79 bits per heavy atom. The fraction of sp³-hybridized carbons (Fsp3) is 0.643. The van der Waals surface area contributed by atoms with Crippen molar-refractivity contribution >= 4 is 13.0 Å². The number of unbranched alkanes of at least 4 members (excludes halogenated alkanes) is 1. The van der Waals surface area contributed by atoms with E-state index in [1.54, 1.807) is 4.68 Å². The molecule has 202 valence electrons. The van der Waals surface area contributed by atoms with Gasteiger partial charge in [-0.1, -0.05) is 50.6 Å². The number of hydrogen-bond acceptors (Lipinski definition) is 7. The first-order valence-corrected chi connectivity index (χ1v) is 13.9. The molecule has 1 saturated heterocycles. The Bertz CT molecular complexity index is 1180. The first kappa shape index (κ1) is 26.9. The lowest BCUT2D eigenvalue weighted by Gasteiger charge is -2.64. The van der Waals surface area contributed by atoms with E-state index < -0.39 is 7.12 Å². The fourth-order valence-corrected chi connectivity index (χ4v) is 6.85. The van der Waals surface area contributed by atoms with Gasteiger partial charge in [0.2, 0.25) is 5.91 Å². The number of carbonyl (C=O) groups excluding carboxylic acids is 1. The summed E-state index contributed by atoms with van der Waals surface area (Å²) in [6, 6.07) is 12.0. The largest absolute Gasteiger partial charge is 0.481 e. The summed E-state index contributed by atoms with van der Waals surface area (Å²) in [6.07, 6.45) is 5.32. The van der Waals surface area contributed by atoms with Crippen molar-refractivity contribution in [2.45, 2.75) is 89.9 Å². The van der Waals surface area contributed by atoms with Gasteiger partial charge >= 0.3 is 7.12 Å². The van der Waals surface area contributed by atoms with Crippen LogP contribution < -0.4 is 11.1 Å². The summed E-state index contributed by atoms with van der Waals surface area (Å²) in [7, 11) is -0.496. The number of hydrogen-bond donors (Lipinski definition) is 2. The summed E-state index contributed by atoms with van der Waals surface area (Å²) in [5.74, 6) is 1.71. The number of nitriles is 1. The van der Waals surface area contributed by atoms with Crippen LogP contribution in [0.5, 0.6) is 0 Å². The Balaban J connectivity index is 1.28. The molecule has 4 aliphatic rings. The number of benzene rings is 1. The molecule has 1 amide bonds. The minimum absolute atomic E-state index is 0.0165. The van der Waals surface area contributed by atoms with Gasteiger partial charge in [0.05, 0.1) is 30.1 Å². The Labute approximate surface area is 225 Å². The third kappa shape index (κ3) is 5.12. The van der Waals surface area contributed by atoms with Gasteiger partial charge in [0.15, 0.2) is 5.82 Å². The molecule has 38 heavy (non-hydrogen) atoms. The molecule has 2 bridgehead atoms. The quantitative estimate of drug-likeness (QED) is 0.346. The average molecular weight is 518 g/mol. The van der Waals surface area contributed by atoms with E-state index in [-0.39, 0.29) is 41.9 Å². The smallest absolute Gasteiger partial charge is 0.404 e. The molecule has 2 heterocycles. The molecule has 2 aromatic rings. The van der Waals surface area contributed by atoms with Crippen LogP contribution in [0.15, 0.2) is 30.3 Å². The lowest BCUT2D eigenvalue weighted by molar-refractivity contribution is -0.199. The molecule has 0 spiro atoms. The second-order valence-corrected chi connectivity index (χ2v) is 11.9. The van der Waals surface area contributed by atoms with Gasteiger partial charge in [0.25, 0.3) is 0 Å². The predicted octanol–water partition coefficient (Wildman–Crippen LogP) is 2.82. The Morgan fingerprint density at radius 1 is 1.29 bits per heavy atom. The van der Waals surface area contributed by atoms with E-state index in [2.05, 4.69) is 42.2 Å². The van der Waals surface area contributed by atoms with Crippen LogP contribution >= 0.6 is 0 Å². The van der Waals surface area contributed by atoms with Crippen LogP contribution in [0.2, 0.25) is 0 Å². The van der Waals surface area contributed by atoms with Crippen molar-refractivity contribution in [3.05, 3.63) is 47.5 Å². The predicted molar refractivity (Wildman–Crippen MR) is 144 cm³/mol. The number of nitrogens with two attached hydrogens (primary N) is 1. The van der Waals surface area contributed by atoms with E-state index in [0.717, 1.165) is 31.2 Å². The second kappa shape index (κ2) is 10.8. The maximum atomic E-state index is 13.3. The molecule has 1 aliphatic heterocycles. The maximum absolute atomic E-state index is 13.3. The molecular weight excluding hydrogens is 479 g/mol. The fourth-order valence-electron chi connectivity index (χ4n) is 6.85. The highest BCUT2D eigenvalue weighted by atomic mass is 16.7. The van der Waals surface area contributed by atoms with Gasteiger partial charge in [-0.3, -0.25) is 4.79 Å². The SMILES string of the molecule is CC1(C)C2CC3OB(C(CCCCN)NC(=O)Cn4nc(Cc5ccccc5)nc4CC#N)OC3(C)C1C2. The standard InChI is InChI=1S/C28H39BN6O3/c1-27(2)20-16-21(27)28(3)22(17-20)37-29(38-28)23(11-7-8-13-30)32-26(36)18-35-25(12-14-31)33-24(34-35)15-19-9-5-4-6-10-19/h4-6,9-10,20-23H,7-8,11-13,15-18,30H2,1-3H3,(H,32,36). The molecule has 9 nitrogen and oxygen atoms in total. The van der Waals surface area contributed by atoms with Crippen LogP contribution in [0.1, 0.15) is 70.1 Å². The summed E-state index contributed by atoms with van der Waals surface area (Å²) in [5, 5.41) is 17.0. The number of carbonyl (C=O) groups is 1. The molecule has 6 rings (SSSR count). The third-order valence-corrected chi connectivity index (χ3v) is 9.14. The zero-order valence-corrected chi connectivity index (χ0v) is 22.7. The van der Waals surface area contributed by atoms with E-state index in [1.807, 2.05) is 30.3 Å². The lowest BCUT2D eigenvalue weighted by atomic mass is 9.43. The first-order valence-electron chi connectivity index (χ1n) is 13.9. The molecule has 1 aromatic carbocycles. The highest BCUT2D eigenvalue weighted by Crippen LogP contribution is 2.65. The summed E-state index contributed by atoms with van der Waals surface area (Å²) in [6.45, 7) is 7.46. The number of aromatic nitrogens is 3. The van der Waals surface area contributed by atoms with Crippen LogP contribution in [0.3, 0.4) is 0 Å². The van der Waals surface area contributed by atoms with Crippen LogP contribution in [-0.2, 0) is 33.5 Å². The van der Waals surface area contributed by atoms with Crippen LogP contribution in [0, 0.1) is 28.6 Å². The number of nitrogens with one attached hydrogen (secondary N) is 1. The van der Waals surface area contributed by atoms with Crippen molar-refractivity contribution in [3.8, 4) is 6.07 Å². The van der Waals surface area contributed by atoms with Crippen molar-refractivity contribution in [2.75, 3.05) is 6.54 Å². The molecular formula is C28H39BN6O3. The lowest BCUT2D eigenvalue weighted by Crippen LogP contribution is -2.65. The molecule has 0 radical (unpaired) electrons. The van der Waals surface area contributed by atoms with Gasteiger partial charge in [0.1, 0.15) is 12.4 Å². The molecule has 10 heteroatoms. The molecule has 3 N–H and O–H groups in total. The van der Waals surface area contributed by atoms with E-state index in [0.29, 0.717) is 36.5 Å². The van der Waals surface area contributed by atoms with Gasteiger partial charge in [-0.25, -0.2) is 9.67 Å². The van der Waals surface area contributed by atoms with Gasteiger partial charge in [-0.15, -0.1) is 0 Å². The van der Waals surface area contributed by atoms with Crippen molar-refractivity contribution < 1.29 is 14.1 Å². The van der Waals surface area contributed by atoms with Crippen molar-refractivity contribution in [2.24, 2.45) is 23.0 Å². The molecule has 4 fully saturated rings.